The molecule has 7 heteroatoms. The molecule has 0 atom stereocenters. The topological polar surface area (TPSA) is 51.2 Å². The largest absolute Gasteiger partial charge is 0.493 e. The maximum atomic E-state index is 13.6. The molecule has 1 amide bonds. The van der Waals surface area contributed by atoms with Crippen LogP contribution in [0.1, 0.15) is 5.56 Å². The summed E-state index contributed by atoms with van der Waals surface area (Å²) in [4.78, 5) is 16.5. The van der Waals surface area contributed by atoms with Gasteiger partial charge in [-0.3, -0.25) is 9.69 Å². The predicted molar refractivity (Wildman–Crippen MR) is 117 cm³/mol. The van der Waals surface area contributed by atoms with Gasteiger partial charge in [0.2, 0.25) is 5.91 Å². The van der Waals surface area contributed by atoms with Gasteiger partial charge < -0.3 is 19.1 Å². The molecule has 166 valence electrons. The van der Waals surface area contributed by atoms with Crippen molar-refractivity contribution >= 4 is 5.91 Å². The molecule has 3 rings (SSSR count). The first-order valence-electron chi connectivity index (χ1n) is 10.4. The van der Waals surface area contributed by atoms with Crippen LogP contribution in [0.5, 0.6) is 17.2 Å². The Morgan fingerprint density at radius 1 is 1.00 bits per heavy atom. The average molecular weight is 429 g/mol. The monoisotopic (exact) mass is 428 g/mol. The molecule has 1 heterocycles. The molecule has 1 aliphatic rings. The van der Waals surface area contributed by atoms with Gasteiger partial charge in [0.25, 0.3) is 0 Å². The van der Waals surface area contributed by atoms with Crippen molar-refractivity contribution in [1.29, 1.82) is 0 Å². The molecule has 31 heavy (non-hydrogen) atoms. The Labute approximate surface area is 182 Å². The fraction of sp³-hybridized carbons (Fsp3) is 0.375. The van der Waals surface area contributed by atoms with Crippen molar-refractivity contribution in [2.45, 2.75) is 6.42 Å². The standard InChI is InChI=1S/C24H29FN2O4/c1-29-22-11-10-19(18-23(22)30-2)6-5-9-24(28)27-14-12-26(13-15-27)16-17-31-21-8-4-3-7-20(21)25/h3-5,7-11,18H,6,12-17H2,1-2H3. The van der Waals surface area contributed by atoms with Gasteiger partial charge in [0, 0.05) is 32.7 Å². The predicted octanol–water partition coefficient (Wildman–Crippen LogP) is 3.16. The van der Waals surface area contributed by atoms with Gasteiger partial charge in [-0.1, -0.05) is 24.3 Å². The molecule has 1 fully saturated rings. The van der Waals surface area contributed by atoms with E-state index in [2.05, 4.69) is 4.90 Å². The number of hydrogen-bond acceptors (Lipinski definition) is 5. The number of benzene rings is 2. The molecule has 0 spiro atoms. The summed E-state index contributed by atoms with van der Waals surface area (Å²) in [5, 5.41) is 0. The number of methoxy groups -OCH3 is 2. The van der Waals surface area contributed by atoms with Crippen LogP contribution in [0.25, 0.3) is 0 Å². The van der Waals surface area contributed by atoms with Crippen LogP contribution in [0.2, 0.25) is 0 Å². The molecule has 2 aromatic rings. The first-order valence-corrected chi connectivity index (χ1v) is 10.4. The second kappa shape index (κ2) is 11.4. The second-order valence-electron chi connectivity index (χ2n) is 7.24. The van der Waals surface area contributed by atoms with Gasteiger partial charge in [0.05, 0.1) is 14.2 Å². The van der Waals surface area contributed by atoms with Crippen molar-refractivity contribution in [2.24, 2.45) is 0 Å². The van der Waals surface area contributed by atoms with Crippen molar-refractivity contribution < 1.29 is 23.4 Å². The number of carbonyl (C=O) groups is 1. The first kappa shape index (κ1) is 22.6. The van der Waals surface area contributed by atoms with E-state index in [1.807, 2.05) is 29.2 Å². The molecule has 1 aliphatic heterocycles. The van der Waals surface area contributed by atoms with E-state index in [0.29, 0.717) is 44.2 Å². The average Bonchev–Trinajstić information content (AvgIpc) is 2.80. The van der Waals surface area contributed by atoms with Crippen molar-refractivity contribution in [3.05, 3.63) is 66.0 Å². The van der Waals surface area contributed by atoms with Crippen molar-refractivity contribution in [3.63, 3.8) is 0 Å². The number of para-hydroxylation sites is 1. The van der Waals surface area contributed by atoms with E-state index >= 15 is 0 Å². The molecule has 6 nitrogen and oxygen atoms in total. The molecule has 0 N–H and O–H groups in total. The van der Waals surface area contributed by atoms with E-state index in [0.717, 1.165) is 18.7 Å². The van der Waals surface area contributed by atoms with Crippen LogP contribution < -0.4 is 14.2 Å². The summed E-state index contributed by atoms with van der Waals surface area (Å²) in [6, 6.07) is 12.1. The highest BCUT2D eigenvalue weighted by atomic mass is 19.1. The number of carbonyl (C=O) groups excluding carboxylic acids is 1. The quantitative estimate of drug-likeness (QED) is 0.575. The number of amides is 1. The maximum absolute atomic E-state index is 13.6. The zero-order chi connectivity index (χ0) is 22.1. The summed E-state index contributed by atoms with van der Waals surface area (Å²) >= 11 is 0. The van der Waals surface area contributed by atoms with E-state index in [1.54, 1.807) is 38.5 Å². The third kappa shape index (κ3) is 6.46. The van der Waals surface area contributed by atoms with Gasteiger partial charge in [0.1, 0.15) is 6.61 Å². The molecule has 2 aromatic carbocycles. The maximum Gasteiger partial charge on any atom is 0.246 e. The van der Waals surface area contributed by atoms with Crippen molar-refractivity contribution in [2.75, 3.05) is 53.6 Å². The highest BCUT2D eigenvalue weighted by Crippen LogP contribution is 2.27. The Bertz CT molecular complexity index is 895. The summed E-state index contributed by atoms with van der Waals surface area (Å²) in [5.74, 6) is 1.30. The van der Waals surface area contributed by atoms with Crippen molar-refractivity contribution in [3.8, 4) is 17.2 Å². The zero-order valence-electron chi connectivity index (χ0n) is 18.1. The van der Waals surface area contributed by atoms with E-state index in [-0.39, 0.29) is 17.5 Å². The van der Waals surface area contributed by atoms with E-state index in [4.69, 9.17) is 14.2 Å². The molecule has 0 aromatic heterocycles. The minimum Gasteiger partial charge on any atom is -0.493 e. The second-order valence-corrected chi connectivity index (χ2v) is 7.24. The van der Waals surface area contributed by atoms with E-state index in [1.165, 1.54) is 6.07 Å². The number of piperazine rings is 1. The number of allylic oxidation sites excluding steroid dienone is 1. The Hall–Kier alpha value is -3.06. The SMILES string of the molecule is COc1ccc(CC=CC(=O)N2CCN(CCOc3ccccc3F)CC2)cc1OC. The minimum absolute atomic E-state index is 0.0164. The van der Waals surface area contributed by atoms with Crippen LogP contribution in [0.4, 0.5) is 4.39 Å². The number of rotatable bonds is 9. The number of ether oxygens (including phenoxy) is 3. The van der Waals surface area contributed by atoms with Crippen LogP contribution >= 0.6 is 0 Å². The summed E-state index contributed by atoms with van der Waals surface area (Å²) in [7, 11) is 3.21. The molecular formula is C24H29FN2O4. The van der Waals surface area contributed by atoms with E-state index < -0.39 is 0 Å². The highest BCUT2D eigenvalue weighted by Gasteiger charge is 2.19. The lowest BCUT2D eigenvalue weighted by atomic mass is 10.1. The molecular weight excluding hydrogens is 399 g/mol. The summed E-state index contributed by atoms with van der Waals surface area (Å²) in [6.07, 6.45) is 4.14. The van der Waals surface area contributed by atoms with Gasteiger partial charge >= 0.3 is 0 Å². The van der Waals surface area contributed by atoms with Gasteiger partial charge in [0.15, 0.2) is 23.1 Å². The smallest absolute Gasteiger partial charge is 0.246 e. The minimum atomic E-state index is -0.349. The molecule has 0 unspecified atom stereocenters. The number of hydrogen-bond donors (Lipinski definition) is 0. The van der Waals surface area contributed by atoms with Crippen molar-refractivity contribution in [1.82, 2.24) is 9.80 Å². The molecule has 1 saturated heterocycles. The Kier molecular flexibility index (Phi) is 8.29. The van der Waals surface area contributed by atoms with Crippen LogP contribution in [0.3, 0.4) is 0 Å². The normalized spacial score (nSPS) is 14.6. The lowest BCUT2D eigenvalue weighted by molar-refractivity contribution is -0.127. The lowest BCUT2D eigenvalue weighted by Crippen LogP contribution is -2.49. The molecule has 0 bridgehead atoms. The summed E-state index contributed by atoms with van der Waals surface area (Å²) in [6.45, 7) is 4.00. The number of halogens is 1. The van der Waals surface area contributed by atoms with Crippen LogP contribution in [0.15, 0.2) is 54.6 Å². The molecule has 0 radical (unpaired) electrons. The third-order valence-corrected chi connectivity index (χ3v) is 5.25. The molecule has 0 aliphatic carbocycles. The Balaban J connectivity index is 1.39. The van der Waals surface area contributed by atoms with Gasteiger partial charge in [-0.05, 0) is 42.3 Å². The van der Waals surface area contributed by atoms with E-state index in [9.17, 15) is 9.18 Å². The zero-order valence-corrected chi connectivity index (χ0v) is 18.1. The fourth-order valence-corrected chi connectivity index (χ4v) is 3.45. The van der Waals surface area contributed by atoms with Crippen LogP contribution in [-0.2, 0) is 11.2 Å². The van der Waals surface area contributed by atoms with Gasteiger partial charge in [-0.2, -0.15) is 0 Å². The fourth-order valence-electron chi connectivity index (χ4n) is 3.45. The summed E-state index contributed by atoms with van der Waals surface area (Å²) < 4.78 is 29.6. The van der Waals surface area contributed by atoms with Crippen LogP contribution in [-0.4, -0.2) is 69.3 Å². The Morgan fingerprint density at radius 2 is 1.74 bits per heavy atom. The highest BCUT2D eigenvalue weighted by molar-refractivity contribution is 5.87. The number of nitrogens with zero attached hydrogens (tertiary/aromatic N) is 2. The van der Waals surface area contributed by atoms with Gasteiger partial charge in [-0.15, -0.1) is 0 Å². The first-order chi connectivity index (χ1) is 15.1. The summed E-state index contributed by atoms with van der Waals surface area (Å²) in [5.41, 5.74) is 1.04. The Morgan fingerprint density at radius 3 is 2.45 bits per heavy atom. The molecule has 0 saturated carbocycles. The lowest BCUT2D eigenvalue weighted by Gasteiger charge is -2.34. The van der Waals surface area contributed by atoms with Crippen LogP contribution in [0, 0.1) is 5.82 Å². The third-order valence-electron chi connectivity index (χ3n) is 5.25. The van der Waals surface area contributed by atoms with Gasteiger partial charge in [-0.25, -0.2) is 4.39 Å².